The largest absolute Gasteiger partial charge is 0.294 e. The lowest BCUT2D eigenvalue weighted by Crippen LogP contribution is -2.01. The van der Waals surface area contributed by atoms with Crippen molar-refractivity contribution in [1.82, 2.24) is 28.5 Å². The Morgan fingerprint density at radius 2 is 1.45 bits per heavy atom. The average Bonchev–Trinajstić information content (AvgIpc) is 3.52. The highest BCUT2D eigenvalue weighted by Gasteiger charge is 2.21. The second-order valence-electron chi connectivity index (χ2n) is 9.76. The van der Waals surface area contributed by atoms with Gasteiger partial charge in [0, 0.05) is 11.3 Å². The first-order chi connectivity index (χ1) is 18.4. The normalized spacial score (nSPS) is 11.8. The zero-order valence-electron chi connectivity index (χ0n) is 21.6. The van der Waals surface area contributed by atoms with Gasteiger partial charge in [-0.15, -0.1) is 0 Å². The van der Waals surface area contributed by atoms with E-state index in [1.807, 2.05) is 23.6 Å². The molecule has 7 aromatic rings. The third kappa shape index (κ3) is 3.14. The van der Waals surface area contributed by atoms with Crippen LogP contribution in [0.1, 0.15) is 22.8 Å². The van der Waals surface area contributed by atoms with E-state index in [0.717, 1.165) is 39.3 Å². The van der Waals surface area contributed by atoms with Crippen LogP contribution in [0.2, 0.25) is 0 Å². The summed E-state index contributed by atoms with van der Waals surface area (Å²) in [5.41, 5.74) is 10.6. The monoisotopic (exact) mass is 500 g/mol. The van der Waals surface area contributed by atoms with Crippen molar-refractivity contribution >= 4 is 27.8 Å². The van der Waals surface area contributed by atoms with Gasteiger partial charge in [-0.2, -0.15) is 4.39 Å². The molecule has 6 nitrogen and oxygen atoms in total. The van der Waals surface area contributed by atoms with Gasteiger partial charge in [-0.25, -0.2) is 15.0 Å². The lowest BCUT2D eigenvalue weighted by atomic mass is 10.1. The fraction of sp³-hybridized carbons (Fsp3) is 0.129. The molecule has 0 saturated carbocycles. The predicted octanol–water partition coefficient (Wildman–Crippen LogP) is 7.05. The van der Waals surface area contributed by atoms with Crippen molar-refractivity contribution < 1.29 is 4.39 Å². The highest BCUT2D eigenvalue weighted by molar-refractivity contribution is 5.89. The molecular formula is C31H25FN6. The van der Waals surface area contributed by atoms with Crippen LogP contribution in [0.3, 0.4) is 0 Å². The van der Waals surface area contributed by atoms with Gasteiger partial charge in [0.05, 0.1) is 22.4 Å². The van der Waals surface area contributed by atoms with Crippen LogP contribution in [0.4, 0.5) is 4.39 Å². The molecule has 4 heterocycles. The Labute approximate surface area is 218 Å². The van der Waals surface area contributed by atoms with E-state index in [1.54, 1.807) is 6.92 Å². The minimum Gasteiger partial charge on any atom is -0.294 e. The molecule has 7 rings (SSSR count). The summed E-state index contributed by atoms with van der Waals surface area (Å²) in [4.78, 5) is 12.8. The van der Waals surface area contributed by atoms with E-state index < -0.39 is 5.95 Å². The van der Waals surface area contributed by atoms with E-state index >= 15 is 0 Å². The maximum Gasteiger partial charge on any atom is 0.244 e. The molecule has 186 valence electrons. The van der Waals surface area contributed by atoms with Gasteiger partial charge >= 0.3 is 0 Å². The Kier molecular flexibility index (Phi) is 4.79. The number of fused-ring (bicyclic) bond motifs is 4. The summed E-state index contributed by atoms with van der Waals surface area (Å²) in [6.45, 7) is 7.85. The molecule has 0 saturated heterocycles. The van der Waals surface area contributed by atoms with Crippen molar-refractivity contribution in [3.05, 3.63) is 108 Å². The molecular weight excluding hydrogens is 475 g/mol. The fourth-order valence-corrected chi connectivity index (χ4v) is 5.65. The SMILES string of the molecule is Cc1nc(F)c2nc(C)n(-c3cccc(-c4c(C)cc5n(-c6ccccc6C)c6ccccc6n45)c3)c2n1. The Morgan fingerprint density at radius 1 is 0.684 bits per heavy atom. The van der Waals surface area contributed by atoms with E-state index in [4.69, 9.17) is 0 Å². The molecule has 0 amide bonds. The van der Waals surface area contributed by atoms with E-state index in [-0.39, 0.29) is 5.52 Å². The summed E-state index contributed by atoms with van der Waals surface area (Å²) in [6.07, 6.45) is 0. The Hall–Kier alpha value is -4.78. The van der Waals surface area contributed by atoms with Crippen molar-refractivity contribution in [2.45, 2.75) is 27.7 Å². The zero-order valence-corrected chi connectivity index (χ0v) is 21.6. The highest BCUT2D eigenvalue weighted by atomic mass is 19.1. The molecule has 0 bridgehead atoms. The molecule has 0 aliphatic heterocycles. The van der Waals surface area contributed by atoms with Crippen molar-refractivity contribution in [3.8, 4) is 22.6 Å². The van der Waals surface area contributed by atoms with E-state index in [0.29, 0.717) is 17.3 Å². The van der Waals surface area contributed by atoms with Crippen molar-refractivity contribution in [2.24, 2.45) is 0 Å². The summed E-state index contributed by atoms with van der Waals surface area (Å²) < 4.78 is 21.1. The number of hydrogen-bond donors (Lipinski definition) is 0. The van der Waals surface area contributed by atoms with E-state index in [1.165, 1.54) is 11.1 Å². The molecule has 0 unspecified atom stereocenters. The first kappa shape index (κ1) is 22.4. The van der Waals surface area contributed by atoms with Gasteiger partial charge in [0.15, 0.2) is 11.2 Å². The summed E-state index contributed by atoms with van der Waals surface area (Å²) in [6, 6.07) is 27.5. The molecule has 0 spiro atoms. The zero-order chi connectivity index (χ0) is 26.1. The van der Waals surface area contributed by atoms with Gasteiger partial charge in [0.1, 0.15) is 17.3 Å². The van der Waals surface area contributed by atoms with Gasteiger partial charge in [-0.05, 0) is 75.2 Å². The predicted molar refractivity (Wildman–Crippen MR) is 149 cm³/mol. The molecule has 4 aromatic heterocycles. The van der Waals surface area contributed by atoms with Crippen LogP contribution in [-0.2, 0) is 0 Å². The summed E-state index contributed by atoms with van der Waals surface area (Å²) in [5, 5.41) is 0. The molecule has 0 fully saturated rings. The van der Waals surface area contributed by atoms with Crippen LogP contribution in [0, 0.1) is 33.6 Å². The molecule has 0 aliphatic rings. The number of para-hydroxylation sites is 3. The van der Waals surface area contributed by atoms with E-state index in [9.17, 15) is 4.39 Å². The van der Waals surface area contributed by atoms with Crippen LogP contribution >= 0.6 is 0 Å². The Morgan fingerprint density at radius 3 is 2.26 bits per heavy atom. The first-order valence-electron chi connectivity index (χ1n) is 12.6. The third-order valence-electron chi connectivity index (χ3n) is 7.24. The minimum absolute atomic E-state index is 0.182. The minimum atomic E-state index is -0.598. The van der Waals surface area contributed by atoms with Gasteiger partial charge in [-0.3, -0.25) is 13.5 Å². The second kappa shape index (κ2) is 8.11. The molecule has 0 aliphatic carbocycles. The summed E-state index contributed by atoms with van der Waals surface area (Å²) in [7, 11) is 0. The third-order valence-corrected chi connectivity index (χ3v) is 7.24. The number of hydrogen-bond acceptors (Lipinski definition) is 3. The molecule has 7 heteroatoms. The van der Waals surface area contributed by atoms with Crippen LogP contribution in [0.25, 0.3) is 50.5 Å². The topological polar surface area (TPSA) is 52.9 Å². The van der Waals surface area contributed by atoms with Gasteiger partial charge in [0.25, 0.3) is 0 Å². The number of aromatic nitrogens is 6. The van der Waals surface area contributed by atoms with Crippen molar-refractivity contribution in [3.63, 3.8) is 0 Å². The lowest BCUT2D eigenvalue weighted by Gasteiger charge is -2.10. The number of aryl methyl sites for hydroxylation is 4. The van der Waals surface area contributed by atoms with E-state index in [2.05, 4.69) is 104 Å². The summed E-state index contributed by atoms with van der Waals surface area (Å²) in [5.74, 6) is 0.434. The quantitative estimate of drug-likeness (QED) is 0.244. The average molecular weight is 501 g/mol. The number of halogens is 1. The number of benzene rings is 3. The van der Waals surface area contributed by atoms with Crippen LogP contribution in [0.5, 0.6) is 0 Å². The van der Waals surface area contributed by atoms with Gasteiger partial charge < -0.3 is 0 Å². The molecule has 0 radical (unpaired) electrons. The number of imidazole rings is 2. The second-order valence-corrected chi connectivity index (χ2v) is 9.76. The molecule has 0 N–H and O–H groups in total. The van der Waals surface area contributed by atoms with Gasteiger partial charge in [-0.1, -0.05) is 42.5 Å². The smallest absolute Gasteiger partial charge is 0.244 e. The maximum atomic E-state index is 14.6. The summed E-state index contributed by atoms with van der Waals surface area (Å²) >= 11 is 0. The fourth-order valence-electron chi connectivity index (χ4n) is 5.65. The van der Waals surface area contributed by atoms with Crippen LogP contribution in [0.15, 0.2) is 78.9 Å². The van der Waals surface area contributed by atoms with Crippen molar-refractivity contribution in [2.75, 3.05) is 0 Å². The van der Waals surface area contributed by atoms with Crippen molar-refractivity contribution in [1.29, 1.82) is 0 Å². The van der Waals surface area contributed by atoms with Crippen LogP contribution in [-0.4, -0.2) is 28.5 Å². The number of rotatable bonds is 3. The van der Waals surface area contributed by atoms with Crippen LogP contribution < -0.4 is 0 Å². The molecule has 0 atom stereocenters. The first-order valence-corrected chi connectivity index (χ1v) is 12.6. The standard InChI is InChI=1S/C31H25FN6/c1-18-10-5-6-13-24(18)37-25-14-7-8-15-26(25)38-27(37)16-19(2)29(38)22-11-9-12-23(17-22)36-21(4)35-28-30(32)33-20(3)34-31(28)36/h5-17H,1-4H3. The Balaban J connectivity index is 1.51. The van der Waals surface area contributed by atoms with Gasteiger partial charge in [0.2, 0.25) is 5.95 Å². The molecule has 38 heavy (non-hydrogen) atoms. The lowest BCUT2D eigenvalue weighted by molar-refractivity contribution is 0.586. The Bertz CT molecular complexity index is 2040. The number of nitrogens with zero attached hydrogens (tertiary/aromatic N) is 6. The molecule has 3 aromatic carbocycles. The maximum absolute atomic E-state index is 14.6. The highest BCUT2D eigenvalue weighted by Crippen LogP contribution is 2.36.